The average molecular weight is 332 g/mol. The number of hydrogen-bond donors (Lipinski definition) is 1. The molecule has 0 aliphatic rings. The molecule has 3 heteroatoms. The highest BCUT2D eigenvalue weighted by atomic mass is 16.5. The Labute approximate surface area is 147 Å². The van der Waals surface area contributed by atoms with E-state index in [2.05, 4.69) is 27.4 Å². The Kier molecular flexibility index (Phi) is 8.62. The summed E-state index contributed by atoms with van der Waals surface area (Å²) in [4.78, 5) is 0. The fourth-order valence-corrected chi connectivity index (χ4v) is 2.40. The Morgan fingerprint density at radius 1 is 1.33 bits per heavy atom. The molecular formula is C21H32O3. The summed E-state index contributed by atoms with van der Waals surface area (Å²) < 4.78 is 11.4. The molecule has 0 aromatic heterocycles. The van der Waals surface area contributed by atoms with Crippen LogP contribution in [0.1, 0.15) is 52.5 Å². The Balaban J connectivity index is 2.43. The van der Waals surface area contributed by atoms with Gasteiger partial charge in [-0.05, 0) is 57.2 Å². The quantitative estimate of drug-likeness (QED) is 0.537. The maximum Gasteiger partial charge on any atom is 0.161 e. The van der Waals surface area contributed by atoms with Gasteiger partial charge in [0.2, 0.25) is 0 Å². The number of benzene rings is 1. The number of rotatable bonds is 11. The predicted octanol–water partition coefficient (Wildman–Crippen LogP) is 5.59. The molecule has 24 heavy (non-hydrogen) atoms. The zero-order valence-corrected chi connectivity index (χ0v) is 15.5. The van der Waals surface area contributed by atoms with Crippen molar-refractivity contribution in [3.63, 3.8) is 0 Å². The van der Waals surface area contributed by atoms with E-state index < -0.39 is 0 Å². The number of phenolic OH excluding ortho intramolecular Hbond substituents is 1. The van der Waals surface area contributed by atoms with Crippen LogP contribution in [0.15, 0.2) is 36.9 Å². The maximum absolute atomic E-state index is 9.70. The van der Waals surface area contributed by atoms with E-state index in [1.165, 1.54) is 0 Å². The zero-order valence-electron chi connectivity index (χ0n) is 15.5. The Hall–Kier alpha value is -1.74. The monoisotopic (exact) mass is 332 g/mol. The Morgan fingerprint density at radius 2 is 2.08 bits per heavy atom. The summed E-state index contributed by atoms with van der Waals surface area (Å²) in [7, 11) is 0. The number of hydrogen-bond acceptors (Lipinski definition) is 3. The highest BCUT2D eigenvalue weighted by Gasteiger charge is 2.17. The van der Waals surface area contributed by atoms with Gasteiger partial charge in [0.05, 0.1) is 18.8 Å². The smallest absolute Gasteiger partial charge is 0.161 e. The lowest BCUT2D eigenvalue weighted by Crippen LogP contribution is -2.24. The second-order valence-electron chi connectivity index (χ2n) is 6.74. The summed E-state index contributed by atoms with van der Waals surface area (Å²) in [5.41, 5.74) is 0.855. The summed E-state index contributed by atoms with van der Waals surface area (Å²) in [6.45, 7) is 13.3. The van der Waals surface area contributed by atoms with Crippen LogP contribution in [0.2, 0.25) is 0 Å². The minimum absolute atomic E-state index is 0.128. The van der Waals surface area contributed by atoms with Crippen molar-refractivity contribution in [1.82, 2.24) is 0 Å². The lowest BCUT2D eigenvalue weighted by molar-refractivity contribution is -0.00909. The van der Waals surface area contributed by atoms with Gasteiger partial charge in [0.15, 0.2) is 11.5 Å². The van der Waals surface area contributed by atoms with Crippen LogP contribution in [-0.2, 0) is 4.74 Å². The highest BCUT2D eigenvalue weighted by Crippen LogP contribution is 2.27. The molecule has 0 fully saturated rings. The molecule has 3 nitrogen and oxygen atoms in total. The van der Waals surface area contributed by atoms with E-state index in [9.17, 15) is 5.11 Å². The van der Waals surface area contributed by atoms with Crippen LogP contribution >= 0.6 is 0 Å². The van der Waals surface area contributed by atoms with Gasteiger partial charge in [-0.3, -0.25) is 0 Å². The number of aromatic hydroxyl groups is 1. The molecule has 0 saturated carbocycles. The van der Waals surface area contributed by atoms with Crippen LogP contribution in [-0.4, -0.2) is 23.9 Å². The van der Waals surface area contributed by atoms with Crippen molar-refractivity contribution in [3.05, 3.63) is 42.5 Å². The van der Waals surface area contributed by atoms with Gasteiger partial charge in [-0.15, -0.1) is 6.58 Å². The van der Waals surface area contributed by atoms with E-state index in [0.29, 0.717) is 24.9 Å². The van der Waals surface area contributed by atoms with Crippen LogP contribution in [0.3, 0.4) is 0 Å². The zero-order chi connectivity index (χ0) is 18.0. The molecule has 1 rings (SSSR count). The van der Waals surface area contributed by atoms with Gasteiger partial charge >= 0.3 is 0 Å². The van der Waals surface area contributed by atoms with E-state index in [1.807, 2.05) is 37.3 Å². The normalized spacial score (nSPS) is 13.2. The molecule has 0 spiro atoms. The molecule has 134 valence electrons. The van der Waals surface area contributed by atoms with Gasteiger partial charge in [0.25, 0.3) is 0 Å². The van der Waals surface area contributed by atoms with Gasteiger partial charge in [-0.2, -0.15) is 0 Å². The number of ether oxygens (including phenoxy) is 2. The molecular weight excluding hydrogens is 300 g/mol. The van der Waals surface area contributed by atoms with E-state index >= 15 is 0 Å². The van der Waals surface area contributed by atoms with Gasteiger partial charge in [0, 0.05) is 0 Å². The molecule has 0 amide bonds. The lowest BCUT2D eigenvalue weighted by atomic mass is 9.97. The molecule has 0 aliphatic carbocycles. The molecule has 0 heterocycles. The average Bonchev–Trinajstić information content (AvgIpc) is 2.54. The van der Waals surface area contributed by atoms with Gasteiger partial charge < -0.3 is 14.6 Å². The first-order valence-corrected chi connectivity index (χ1v) is 8.77. The topological polar surface area (TPSA) is 38.7 Å². The Morgan fingerprint density at radius 3 is 2.75 bits per heavy atom. The third kappa shape index (κ3) is 7.69. The van der Waals surface area contributed by atoms with Gasteiger partial charge in [0.1, 0.15) is 0 Å². The minimum Gasteiger partial charge on any atom is -0.504 e. The molecule has 1 aromatic carbocycles. The molecule has 1 atom stereocenters. The third-order valence-corrected chi connectivity index (χ3v) is 4.00. The molecule has 1 aromatic rings. The second kappa shape index (κ2) is 10.2. The van der Waals surface area contributed by atoms with Crippen molar-refractivity contribution in [2.24, 2.45) is 5.92 Å². The van der Waals surface area contributed by atoms with E-state index in [-0.39, 0.29) is 11.4 Å². The first kappa shape index (κ1) is 20.3. The summed E-state index contributed by atoms with van der Waals surface area (Å²) >= 11 is 0. The third-order valence-electron chi connectivity index (χ3n) is 4.00. The van der Waals surface area contributed by atoms with Crippen molar-refractivity contribution in [2.45, 2.75) is 52.6 Å². The van der Waals surface area contributed by atoms with Crippen LogP contribution in [0.25, 0.3) is 6.08 Å². The number of allylic oxidation sites excluding steroid dienone is 1. The maximum atomic E-state index is 9.70. The summed E-state index contributed by atoms with van der Waals surface area (Å²) in [5.74, 6) is 1.24. The molecule has 1 unspecified atom stereocenters. The second-order valence-corrected chi connectivity index (χ2v) is 6.74. The number of phenols is 1. The minimum atomic E-state index is -0.128. The van der Waals surface area contributed by atoms with E-state index in [0.717, 1.165) is 24.8 Å². The highest BCUT2D eigenvalue weighted by molar-refractivity contribution is 5.55. The summed E-state index contributed by atoms with van der Waals surface area (Å²) in [5, 5.41) is 9.70. The molecule has 0 aliphatic heterocycles. The Bertz CT molecular complexity index is 532. The van der Waals surface area contributed by atoms with Crippen molar-refractivity contribution >= 4 is 6.08 Å². The fourth-order valence-electron chi connectivity index (χ4n) is 2.40. The van der Waals surface area contributed by atoms with Crippen molar-refractivity contribution in [2.75, 3.05) is 13.2 Å². The molecule has 0 radical (unpaired) electrons. The van der Waals surface area contributed by atoms with Crippen molar-refractivity contribution in [1.29, 1.82) is 0 Å². The van der Waals surface area contributed by atoms with Gasteiger partial charge in [-0.25, -0.2) is 0 Å². The van der Waals surface area contributed by atoms with Crippen LogP contribution in [0.5, 0.6) is 11.5 Å². The standard InChI is InChI=1S/C21H32O3/c1-6-17(3)10-8-14-21(4,5)24-15-9-11-18-12-13-19(22)20(16-18)23-7-2/h6,9,11-13,16-17,22H,1,7-8,10,14-15H2,2-5H3/b11-9+. The van der Waals surface area contributed by atoms with E-state index in [4.69, 9.17) is 9.47 Å². The van der Waals surface area contributed by atoms with Gasteiger partial charge in [-0.1, -0.05) is 37.6 Å². The molecule has 0 bridgehead atoms. The first-order chi connectivity index (χ1) is 11.4. The van der Waals surface area contributed by atoms with Crippen LogP contribution < -0.4 is 4.74 Å². The first-order valence-electron chi connectivity index (χ1n) is 8.77. The predicted molar refractivity (Wildman–Crippen MR) is 102 cm³/mol. The largest absolute Gasteiger partial charge is 0.504 e. The van der Waals surface area contributed by atoms with E-state index in [1.54, 1.807) is 6.07 Å². The molecule has 0 saturated heterocycles. The van der Waals surface area contributed by atoms with Crippen molar-refractivity contribution < 1.29 is 14.6 Å². The summed E-state index contributed by atoms with van der Waals surface area (Å²) in [6, 6.07) is 5.34. The van der Waals surface area contributed by atoms with Crippen LogP contribution in [0.4, 0.5) is 0 Å². The SMILES string of the molecule is C=CC(C)CCCC(C)(C)OC/C=C/c1ccc(O)c(OCC)c1. The summed E-state index contributed by atoms with van der Waals surface area (Å²) in [6.07, 6.45) is 9.31. The molecule has 1 N–H and O–H groups in total. The van der Waals surface area contributed by atoms with Crippen molar-refractivity contribution in [3.8, 4) is 11.5 Å². The fraction of sp³-hybridized carbons (Fsp3) is 0.524. The lowest BCUT2D eigenvalue weighted by Gasteiger charge is -2.25. The van der Waals surface area contributed by atoms with Crippen LogP contribution in [0, 0.1) is 5.92 Å².